The van der Waals surface area contributed by atoms with Crippen molar-refractivity contribution < 1.29 is 13.2 Å². The van der Waals surface area contributed by atoms with Gasteiger partial charge >= 0.3 is 6.18 Å². The molecule has 0 unspecified atom stereocenters. The Morgan fingerprint density at radius 3 is 2.70 bits per heavy atom. The van der Waals surface area contributed by atoms with Crippen molar-refractivity contribution in [2.75, 3.05) is 6.54 Å². The van der Waals surface area contributed by atoms with Gasteiger partial charge in [-0.3, -0.25) is 4.57 Å². The lowest BCUT2D eigenvalue weighted by molar-refractivity contribution is -0.146. The molecule has 1 aliphatic heterocycles. The van der Waals surface area contributed by atoms with Crippen LogP contribution in [0.1, 0.15) is 22.8 Å². The molecule has 0 aliphatic carbocycles. The maximum Gasteiger partial charge on any atom is 0.450 e. The third kappa shape index (κ3) is 2.10. The van der Waals surface area contributed by atoms with Gasteiger partial charge in [0.2, 0.25) is 5.82 Å². The molecule has 2 aromatic rings. The van der Waals surface area contributed by atoms with E-state index in [1.165, 1.54) is 4.57 Å². The number of hydrogen-bond donors (Lipinski definition) is 1. The van der Waals surface area contributed by atoms with Crippen LogP contribution in [0.25, 0.3) is 5.69 Å². The molecule has 6 heteroatoms. The monoisotopic (exact) mass is 281 g/mol. The van der Waals surface area contributed by atoms with Crippen LogP contribution in [0, 0.1) is 6.92 Å². The highest BCUT2D eigenvalue weighted by Gasteiger charge is 2.39. The fourth-order valence-electron chi connectivity index (χ4n) is 2.57. The summed E-state index contributed by atoms with van der Waals surface area (Å²) in [6.07, 6.45) is -3.91. The Hall–Kier alpha value is -1.82. The van der Waals surface area contributed by atoms with Gasteiger partial charge in [-0.05, 0) is 18.6 Å². The fourth-order valence-corrected chi connectivity index (χ4v) is 2.57. The van der Waals surface area contributed by atoms with E-state index in [1.54, 1.807) is 12.1 Å². The lowest BCUT2D eigenvalue weighted by Crippen LogP contribution is -2.25. The Balaban J connectivity index is 2.28. The Kier molecular flexibility index (Phi) is 3.05. The normalized spacial score (nSPS) is 15.2. The van der Waals surface area contributed by atoms with Crippen molar-refractivity contribution in [3.63, 3.8) is 0 Å². The second-order valence-electron chi connectivity index (χ2n) is 4.88. The summed E-state index contributed by atoms with van der Waals surface area (Å²) < 4.78 is 41.0. The molecule has 1 aliphatic rings. The summed E-state index contributed by atoms with van der Waals surface area (Å²) in [5.41, 5.74) is 2.50. The van der Waals surface area contributed by atoms with Gasteiger partial charge in [0.25, 0.3) is 0 Å². The summed E-state index contributed by atoms with van der Waals surface area (Å²) in [7, 11) is 0. The van der Waals surface area contributed by atoms with Crippen LogP contribution in [-0.2, 0) is 19.1 Å². The zero-order valence-corrected chi connectivity index (χ0v) is 11.0. The molecule has 0 radical (unpaired) electrons. The Morgan fingerprint density at radius 1 is 1.25 bits per heavy atom. The number of nitrogens with zero attached hydrogens (tertiary/aromatic N) is 2. The van der Waals surface area contributed by atoms with E-state index < -0.39 is 12.0 Å². The van der Waals surface area contributed by atoms with E-state index >= 15 is 0 Å². The average Bonchev–Trinajstić information content (AvgIpc) is 2.79. The predicted octanol–water partition coefficient (Wildman–Crippen LogP) is 2.85. The molecule has 20 heavy (non-hydrogen) atoms. The van der Waals surface area contributed by atoms with Crippen molar-refractivity contribution in [3.8, 4) is 5.69 Å². The van der Waals surface area contributed by atoms with Crippen LogP contribution < -0.4 is 5.32 Å². The molecule has 0 atom stereocenters. The highest BCUT2D eigenvalue weighted by Crippen LogP contribution is 2.34. The summed E-state index contributed by atoms with van der Waals surface area (Å²) in [4.78, 5) is 3.81. The average molecular weight is 281 g/mol. The SMILES string of the molecule is Cc1ccccc1-n1c(C(F)(F)F)nc2c1CCNC2. The quantitative estimate of drug-likeness (QED) is 0.871. The Morgan fingerprint density at radius 2 is 2.00 bits per heavy atom. The van der Waals surface area contributed by atoms with Crippen LogP contribution in [0.3, 0.4) is 0 Å². The van der Waals surface area contributed by atoms with Gasteiger partial charge in [-0.2, -0.15) is 13.2 Å². The molecule has 1 N–H and O–H groups in total. The number of hydrogen-bond acceptors (Lipinski definition) is 2. The molecular weight excluding hydrogens is 267 g/mol. The topological polar surface area (TPSA) is 29.9 Å². The number of halogens is 3. The van der Waals surface area contributed by atoms with Crippen molar-refractivity contribution in [1.82, 2.24) is 14.9 Å². The predicted molar refractivity (Wildman–Crippen MR) is 68.7 cm³/mol. The summed E-state index contributed by atoms with van der Waals surface area (Å²) in [6.45, 7) is 2.86. The summed E-state index contributed by atoms with van der Waals surface area (Å²) in [5, 5.41) is 3.06. The second kappa shape index (κ2) is 4.63. The van der Waals surface area contributed by atoms with Gasteiger partial charge in [-0.25, -0.2) is 4.98 Å². The van der Waals surface area contributed by atoms with E-state index in [0.717, 1.165) is 5.56 Å². The van der Waals surface area contributed by atoms with E-state index in [2.05, 4.69) is 10.3 Å². The Bertz CT molecular complexity index is 644. The molecule has 1 aromatic heterocycles. The second-order valence-corrected chi connectivity index (χ2v) is 4.88. The number of alkyl halides is 3. The molecule has 3 nitrogen and oxygen atoms in total. The lowest BCUT2D eigenvalue weighted by atomic mass is 10.1. The van der Waals surface area contributed by atoms with Crippen LogP contribution >= 0.6 is 0 Å². The number of aromatic nitrogens is 2. The highest BCUT2D eigenvalue weighted by molar-refractivity contribution is 5.45. The zero-order valence-electron chi connectivity index (χ0n) is 11.0. The van der Waals surface area contributed by atoms with E-state index in [0.29, 0.717) is 36.6 Å². The number of aryl methyl sites for hydroxylation is 1. The van der Waals surface area contributed by atoms with Crippen LogP contribution in [-0.4, -0.2) is 16.1 Å². The molecule has 106 valence electrons. The molecule has 0 bridgehead atoms. The van der Waals surface area contributed by atoms with Gasteiger partial charge < -0.3 is 5.32 Å². The first-order chi connectivity index (χ1) is 9.48. The van der Waals surface area contributed by atoms with Gasteiger partial charge in [0, 0.05) is 25.2 Å². The minimum atomic E-state index is -4.46. The lowest BCUT2D eigenvalue weighted by Gasteiger charge is -2.18. The first-order valence-electron chi connectivity index (χ1n) is 6.43. The van der Waals surface area contributed by atoms with Crippen molar-refractivity contribution in [2.24, 2.45) is 0 Å². The smallest absolute Gasteiger partial charge is 0.311 e. The number of para-hydroxylation sites is 1. The summed E-state index contributed by atoms with van der Waals surface area (Å²) in [5.74, 6) is -0.833. The first-order valence-corrected chi connectivity index (χ1v) is 6.43. The van der Waals surface area contributed by atoms with Gasteiger partial charge in [0.15, 0.2) is 0 Å². The van der Waals surface area contributed by atoms with Crippen molar-refractivity contribution >= 4 is 0 Å². The molecule has 1 aromatic carbocycles. The van der Waals surface area contributed by atoms with Crippen molar-refractivity contribution in [2.45, 2.75) is 26.1 Å². The van der Waals surface area contributed by atoms with Crippen LogP contribution in [0.4, 0.5) is 13.2 Å². The highest BCUT2D eigenvalue weighted by atomic mass is 19.4. The number of fused-ring (bicyclic) bond motifs is 1. The maximum atomic E-state index is 13.2. The largest absolute Gasteiger partial charge is 0.450 e. The molecule has 3 rings (SSSR count). The van der Waals surface area contributed by atoms with Gasteiger partial charge in [0.1, 0.15) is 0 Å². The van der Waals surface area contributed by atoms with Gasteiger partial charge in [-0.1, -0.05) is 18.2 Å². The van der Waals surface area contributed by atoms with Crippen molar-refractivity contribution in [1.29, 1.82) is 0 Å². The van der Waals surface area contributed by atoms with E-state index in [-0.39, 0.29) is 0 Å². The third-order valence-electron chi connectivity index (χ3n) is 3.50. The van der Waals surface area contributed by atoms with E-state index in [9.17, 15) is 13.2 Å². The van der Waals surface area contributed by atoms with Crippen LogP contribution in [0.5, 0.6) is 0 Å². The first kappa shape index (κ1) is 13.2. The minimum Gasteiger partial charge on any atom is -0.311 e. The summed E-state index contributed by atoms with van der Waals surface area (Å²) in [6, 6.07) is 7.07. The van der Waals surface area contributed by atoms with E-state index in [4.69, 9.17) is 0 Å². The molecule has 0 saturated heterocycles. The molecule has 0 amide bonds. The standard InChI is InChI=1S/C14H14F3N3/c1-9-4-2-3-5-11(9)20-12-6-7-18-8-10(12)19-13(20)14(15,16)17/h2-5,18H,6-8H2,1H3. The number of nitrogens with one attached hydrogen (secondary N) is 1. The maximum absolute atomic E-state index is 13.2. The minimum absolute atomic E-state index is 0.386. The number of benzene rings is 1. The molecular formula is C14H14F3N3. The molecule has 0 spiro atoms. The van der Waals surface area contributed by atoms with Crippen LogP contribution in [0.2, 0.25) is 0 Å². The number of rotatable bonds is 1. The van der Waals surface area contributed by atoms with Gasteiger partial charge in [-0.15, -0.1) is 0 Å². The third-order valence-corrected chi connectivity index (χ3v) is 3.50. The van der Waals surface area contributed by atoms with Crippen LogP contribution in [0.15, 0.2) is 24.3 Å². The fraction of sp³-hybridized carbons (Fsp3) is 0.357. The van der Waals surface area contributed by atoms with Gasteiger partial charge in [0.05, 0.1) is 11.4 Å². The molecule has 2 heterocycles. The zero-order chi connectivity index (χ0) is 14.3. The summed E-state index contributed by atoms with van der Waals surface area (Å²) >= 11 is 0. The van der Waals surface area contributed by atoms with Crippen molar-refractivity contribution in [3.05, 3.63) is 47.0 Å². The molecule has 0 saturated carbocycles. The van der Waals surface area contributed by atoms with E-state index in [1.807, 2.05) is 19.1 Å². The number of imidazole rings is 1. The Labute approximate surface area is 114 Å². The molecule has 0 fully saturated rings.